The lowest BCUT2D eigenvalue weighted by atomic mass is 10.3. The van der Waals surface area contributed by atoms with Crippen LogP contribution in [0.2, 0.25) is 0 Å². The Balaban J connectivity index is 4.33. The van der Waals surface area contributed by atoms with Crippen molar-refractivity contribution in [2.75, 3.05) is 21.3 Å². The summed E-state index contributed by atoms with van der Waals surface area (Å²) < 4.78 is 15.0. The highest BCUT2D eigenvalue weighted by molar-refractivity contribution is 7.47. The molecule has 0 rings (SSSR count). The second kappa shape index (κ2) is 5.84. The molecule has 0 radical (unpaired) electrons. The standard InChI is InChI=1S/C7H17O4P/c1-5-6-7(9-2,10-3)12(8)11-4/h8H,5-6H2,1-4H3. The van der Waals surface area contributed by atoms with Crippen molar-refractivity contribution >= 4 is 8.38 Å². The van der Waals surface area contributed by atoms with E-state index in [0.29, 0.717) is 6.42 Å². The summed E-state index contributed by atoms with van der Waals surface area (Å²) in [5.74, 6) is 0. The maximum absolute atomic E-state index is 9.49. The highest BCUT2D eigenvalue weighted by atomic mass is 31.2. The summed E-state index contributed by atoms with van der Waals surface area (Å²) in [6.07, 6.45) is 1.49. The summed E-state index contributed by atoms with van der Waals surface area (Å²) in [6, 6.07) is 0. The van der Waals surface area contributed by atoms with Crippen LogP contribution in [0.5, 0.6) is 0 Å². The van der Waals surface area contributed by atoms with Gasteiger partial charge in [0.25, 0.3) is 0 Å². The summed E-state index contributed by atoms with van der Waals surface area (Å²) in [6.45, 7) is 1.99. The van der Waals surface area contributed by atoms with Crippen molar-refractivity contribution in [1.29, 1.82) is 0 Å². The van der Waals surface area contributed by atoms with Gasteiger partial charge >= 0.3 is 0 Å². The predicted octanol–water partition coefficient (Wildman–Crippen LogP) is 1.68. The molecule has 0 heterocycles. The molecule has 0 spiro atoms. The van der Waals surface area contributed by atoms with Gasteiger partial charge in [0.15, 0.2) is 0 Å². The van der Waals surface area contributed by atoms with Gasteiger partial charge in [-0.1, -0.05) is 13.3 Å². The lowest BCUT2D eigenvalue weighted by Crippen LogP contribution is -2.31. The summed E-state index contributed by atoms with van der Waals surface area (Å²) >= 11 is 0. The van der Waals surface area contributed by atoms with E-state index < -0.39 is 13.9 Å². The van der Waals surface area contributed by atoms with Crippen LogP contribution in [0, 0.1) is 0 Å². The molecule has 0 fully saturated rings. The molecule has 0 aromatic heterocycles. The number of methoxy groups -OCH3 is 2. The van der Waals surface area contributed by atoms with Crippen molar-refractivity contribution in [2.45, 2.75) is 25.3 Å². The monoisotopic (exact) mass is 196 g/mol. The van der Waals surface area contributed by atoms with E-state index in [1.807, 2.05) is 6.92 Å². The van der Waals surface area contributed by atoms with Gasteiger partial charge in [-0.15, -0.1) is 0 Å². The van der Waals surface area contributed by atoms with Gasteiger partial charge in [-0.25, -0.2) is 0 Å². The topological polar surface area (TPSA) is 47.9 Å². The first kappa shape index (κ1) is 12.3. The van der Waals surface area contributed by atoms with Gasteiger partial charge in [0.2, 0.25) is 13.9 Å². The van der Waals surface area contributed by atoms with E-state index >= 15 is 0 Å². The quantitative estimate of drug-likeness (QED) is 0.518. The second-order valence-electron chi connectivity index (χ2n) is 2.33. The average Bonchev–Trinajstić information content (AvgIpc) is 2.13. The molecule has 0 aromatic carbocycles. The van der Waals surface area contributed by atoms with Crippen molar-refractivity contribution in [2.24, 2.45) is 0 Å². The zero-order chi connectivity index (χ0) is 9.61. The van der Waals surface area contributed by atoms with E-state index in [0.717, 1.165) is 6.42 Å². The molecule has 74 valence electrons. The molecule has 1 unspecified atom stereocenters. The van der Waals surface area contributed by atoms with E-state index in [1.54, 1.807) is 0 Å². The first-order chi connectivity index (χ1) is 5.66. The summed E-state index contributed by atoms with van der Waals surface area (Å²) in [5.41, 5.74) is -0.959. The molecular weight excluding hydrogens is 179 g/mol. The fourth-order valence-electron chi connectivity index (χ4n) is 0.994. The number of hydrogen-bond donors (Lipinski definition) is 1. The molecule has 5 heteroatoms. The zero-order valence-corrected chi connectivity index (χ0v) is 8.93. The van der Waals surface area contributed by atoms with Gasteiger partial charge in [0.05, 0.1) is 0 Å². The molecule has 1 N–H and O–H groups in total. The fourth-order valence-corrected chi connectivity index (χ4v) is 2.00. The van der Waals surface area contributed by atoms with Crippen LogP contribution in [0.1, 0.15) is 19.8 Å². The fraction of sp³-hybridized carbons (Fsp3) is 1.00. The highest BCUT2D eigenvalue weighted by Gasteiger charge is 2.39. The normalized spacial score (nSPS) is 14.8. The maximum Gasteiger partial charge on any atom is 0.239 e. The number of rotatable bonds is 6. The largest absolute Gasteiger partial charge is 0.346 e. The smallest absolute Gasteiger partial charge is 0.239 e. The third kappa shape index (κ3) is 2.64. The number of ether oxygens (including phenoxy) is 2. The molecule has 0 saturated carbocycles. The van der Waals surface area contributed by atoms with Gasteiger partial charge in [0, 0.05) is 27.8 Å². The minimum atomic E-state index is -1.68. The number of hydrogen-bond acceptors (Lipinski definition) is 4. The molecule has 0 aromatic rings. The lowest BCUT2D eigenvalue weighted by Gasteiger charge is -2.32. The van der Waals surface area contributed by atoms with Crippen molar-refractivity contribution < 1.29 is 18.9 Å². The first-order valence-electron chi connectivity index (χ1n) is 3.80. The van der Waals surface area contributed by atoms with Gasteiger partial charge in [0.1, 0.15) is 0 Å². The minimum absolute atomic E-state index is 0.621. The van der Waals surface area contributed by atoms with Crippen LogP contribution >= 0.6 is 8.38 Å². The molecule has 0 bridgehead atoms. The molecule has 0 aliphatic heterocycles. The van der Waals surface area contributed by atoms with Gasteiger partial charge in [-0.3, -0.25) is 0 Å². The Hall–Kier alpha value is 0.270. The van der Waals surface area contributed by atoms with Crippen LogP contribution in [0.3, 0.4) is 0 Å². The zero-order valence-electron chi connectivity index (χ0n) is 8.03. The summed E-state index contributed by atoms with van der Waals surface area (Å²) in [4.78, 5) is 9.49. The molecule has 12 heavy (non-hydrogen) atoms. The van der Waals surface area contributed by atoms with Crippen LogP contribution in [0.4, 0.5) is 0 Å². The lowest BCUT2D eigenvalue weighted by molar-refractivity contribution is -0.154. The SMILES string of the molecule is CCCC(OC)(OC)P(O)OC. The van der Waals surface area contributed by atoms with E-state index in [1.165, 1.54) is 21.3 Å². The highest BCUT2D eigenvalue weighted by Crippen LogP contribution is 2.49. The summed E-state index contributed by atoms with van der Waals surface area (Å²) in [7, 11) is 2.77. The van der Waals surface area contributed by atoms with Crippen LogP contribution in [0.25, 0.3) is 0 Å². The van der Waals surface area contributed by atoms with Crippen molar-refractivity contribution in [3.05, 3.63) is 0 Å². The Morgan fingerprint density at radius 2 is 1.75 bits per heavy atom. The molecule has 0 saturated heterocycles. The van der Waals surface area contributed by atoms with Gasteiger partial charge in [-0.2, -0.15) is 0 Å². The Kier molecular flexibility index (Phi) is 5.97. The second-order valence-corrected chi connectivity index (χ2v) is 3.92. The molecular formula is C7H17O4P. The van der Waals surface area contributed by atoms with E-state index in [4.69, 9.17) is 14.0 Å². The third-order valence-electron chi connectivity index (χ3n) is 1.67. The molecule has 1 atom stereocenters. The van der Waals surface area contributed by atoms with Crippen LogP contribution < -0.4 is 0 Å². The Morgan fingerprint density at radius 3 is 2.00 bits per heavy atom. The van der Waals surface area contributed by atoms with E-state index in [-0.39, 0.29) is 0 Å². The van der Waals surface area contributed by atoms with E-state index in [9.17, 15) is 4.89 Å². The Morgan fingerprint density at radius 1 is 1.25 bits per heavy atom. The summed E-state index contributed by atoms with van der Waals surface area (Å²) in [5, 5.41) is 0. The molecule has 0 amide bonds. The van der Waals surface area contributed by atoms with E-state index in [2.05, 4.69) is 0 Å². The van der Waals surface area contributed by atoms with Crippen LogP contribution in [-0.2, 0) is 14.0 Å². The molecule has 4 nitrogen and oxygen atoms in total. The minimum Gasteiger partial charge on any atom is -0.346 e. The van der Waals surface area contributed by atoms with Crippen LogP contribution in [-0.4, -0.2) is 31.8 Å². The third-order valence-corrected chi connectivity index (χ3v) is 3.19. The Labute approximate surface area is 74.7 Å². The van der Waals surface area contributed by atoms with Gasteiger partial charge in [-0.05, 0) is 0 Å². The predicted molar refractivity (Wildman–Crippen MR) is 47.8 cm³/mol. The Bertz CT molecular complexity index is 116. The van der Waals surface area contributed by atoms with Gasteiger partial charge < -0.3 is 18.9 Å². The van der Waals surface area contributed by atoms with Crippen molar-refractivity contribution in [3.63, 3.8) is 0 Å². The van der Waals surface area contributed by atoms with Crippen molar-refractivity contribution in [1.82, 2.24) is 0 Å². The van der Waals surface area contributed by atoms with Crippen molar-refractivity contribution in [3.8, 4) is 0 Å². The molecule has 0 aliphatic carbocycles. The first-order valence-corrected chi connectivity index (χ1v) is 5.01. The van der Waals surface area contributed by atoms with Crippen LogP contribution in [0.15, 0.2) is 0 Å². The average molecular weight is 196 g/mol. The maximum atomic E-state index is 9.49. The molecule has 0 aliphatic rings.